The quantitative estimate of drug-likeness (QED) is 0.800. The Morgan fingerprint density at radius 3 is 2.74 bits per heavy atom. The van der Waals surface area contributed by atoms with Crippen LogP contribution in [-0.2, 0) is 0 Å². The summed E-state index contributed by atoms with van der Waals surface area (Å²) in [5.74, 6) is 1.45. The monoisotopic (exact) mass is 341 g/mol. The average Bonchev–Trinajstić information content (AvgIpc) is 2.95. The largest absolute Gasteiger partial charge is 0.491 e. The van der Waals surface area contributed by atoms with E-state index in [4.69, 9.17) is 16.3 Å². The lowest BCUT2D eigenvalue weighted by atomic mass is 10.0. The Kier molecular flexibility index (Phi) is 6.72. The molecule has 5 heteroatoms. The summed E-state index contributed by atoms with van der Waals surface area (Å²) in [7, 11) is 0. The van der Waals surface area contributed by atoms with E-state index < -0.39 is 6.10 Å². The van der Waals surface area contributed by atoms with Gasteiger partial charge in [0, 0.05) is 24.7 Å². The second-order valence-electron chi connectivity index (χ2n) is 6.86. The molecule has 130 valence electrons. The van der Waals surface area contributed by atoms with Crippen LogP contribution in [0.3, 0.4) is 0 Å². The molecule has 1 fully saturated rings. The third kappa shape index (κ3) is 5.08. The van der Waals surface area contributed by atoms with Crippen LogP contribution in [0.25, 0.3) is 0 Å². The maximum atomic E-state index is 10.2. The van der Waals surface area contributed by atoms with Gasteiger partial charge in [-0.15, -0.1) is 0 Å². The Bertz CT molecular complexity index is 521. The van der Waals surface area contributed by atoms with Gasteiger partial charge in [-0.3, -0.25) is 0 Å². The van der Waals surface area contributed by atoms with Crippen molar-refractivity contribution >= 4 is 11.6 Å². The van der Waals surface area contributed by atoms with Gasteiger partial charge in [-0.05, 0) is 55.0 Å². The van der Waals surface area contributed by atoms with Crippen LogP contribution in [0.15, 0.2) is 12.1 Å². The van der Waals surface area contributed by atoms with Crippen LogP contribution in [0.5, 0.6) is 5.75 Å². The van der Waals surface area contributed by atoms with Crippen molar-refractivity contribution in [3.8, 4) is 5.75 Å². The van der Waals surface area contributed by atoms with Gasteiger partial charge < -0.3 is 19.8 Å². The van der Waals surface area contributed by atoms with Gasteiger partial charge in [0.05, 0.1) is 0 Å². The molecule has 2 rings (SSSR count). The summed E-state index contributed by atoms with van der Waals surface area (Å²) >= 11 is 6.20. The number of β-amino-alcohol motifs (C(OH)–C–C–N with tert-alkyl or cyclic N) is 1. The van der Waals surface area contributed by atoms with Crippen LogP contribution in [0.1, 0.15) is 37.3 Å². The van der Waals surface area contributed by atoms with E-state index in [1.807, 2.05) is 19.1 Å². The zero-order valence-corrected chi connectivity index (χ0v) is 15.0. The van der Waals surface area contributed by atoms with E-state index in [0.717, 1.165) is 41.4 Å². The number of hydrogen-bond acceptors (Lipinski definition) is 4. The minimum absolute atomic E-state index is 0.227. The molecule has 23 heavy (non-hydrogen) atoms. The van der Waals surface area contributed by atoms with E-state index in [1.54, 1.807) is 0 Å². The third-order valence-electron chi connectivity index (χ3n) is 4.44. The van der Waals surface area contributed by atoms with Crippen molar-refractivity contribution in [1.82, 2.24) is 4.90 Å². The Morgan fingerprint density at radius 1 is 1.39 bits per heavy atom. The van der Waals surface area contributed by atoms with Crippen molar-refractivity contribution in [1.29, 1.82) is 0 Å². The Hall–Kier alpha value is -0.810. The number of aliphatic hydroxyl groups is 2. The highest BCUT2D eigenvalue weighted by Gasteiger charge is 2.23. The van der Waals surface area contributed by atoms with Crippen LogP contribution in [-0.4, -0.2) is 54.1 Å². The number of aryl methyl sites for hydroxylation is 1. The second-order valence-corrected chi connectivity index (χ2v) is 7.26. The molecule has 2 N–H and O–H groups in total. The zero-order valence-electron chi connectivity index (χ0n) is 14.3. The van der Waals surface area contributed by atoms with E-state index in [-0.39, 0.29) is 13.2 Å². The van der Waals surface area contributed by atoms with Crippen molar-refractivity contribution in [2.24, 2.45) is 5.92 Å². The highest BCUT2D eigenvalue weighted by Crippen LogP contribution is 2.32. The molecule has 1 saturated heterocycles. The van der Waals surface area contributed by atoms with Crippen LogP contribution in [0.2, 0.25) is 5.02 Å². The molecule has 0 bridgehead atoms. The number of rotatable bonds is 7. The number of likely N-dealkylation sites (tertiary alicyclic amines) is 1. The van der Waals surface area contributed by atoms with Crippen LogP contribution >= 0.6 is 11.6 Å². The van der Waals surface area contributed by atoms with Crippen molar-refractivity contribution in [2.45, 2.75) is 39.2 Å². The van der Waals surface area contributed by atoms with Crippen molar-refractivity contribution in [3.05, 3.63) is 28.3 Å². The molecule has 0 saturated carbocycles. The molecule has 1 aromatic carbocycles. The maximum absolute atomic E-state index is 10.2. The molecule has 4 nitrogen and oxygen atoms in total. The van der Waals surface area contributed by atoms with Gasteiger partial charge >= 0.3 is 0 Å². The van der Waals surface area contributed by atoms with Crippen LogP contribution < -0.4 is 4.74 Å². The van der Waals surface area contributed by atoms with Gasteiger partial charge in [0.2, 0.25) is 0 Å². The van der Waals surface area contributed by atoms with E-state index in [9.17, 15) is 10.2 Å². The molecule has 0 spiro atoms. The van der Waals surface area contributed by atoms with Gasteiger partial charge in [0.1, 0.15) is 18.5 Å². The average molecular weight is 342 g/mol. The predicted molar refractivity (Wildman–Crippen MR) is 93.4 cm³/mol. The lowest BCUT2D eigenvalue weighted by Crippen LogP contribution is -2.34. The van der Waals surface area contributed by atoms with E-state index >= 15 is 0 Å². The molecular formula is C18H28ClNO3. The summed E-state index contributed by atoms with van der Waals surface area (Å²) < 4.78 is 5.87. The van der Waals surface area contributed by atoms with Crippen LogP contribution in [0, 0.1) is 12.8 Å². The Morgan fingerprint density at radius 2 is 2.13 bits per heavy atom. The fourth-order valence-electron chi connectivity index (χ4n) is 3.01. The molecule has 2 atom stereocenters. The first-order valence-corrected chi connectivity index (χ1v) is 8.72. The van der Waals surface area contributed by atoms with E-state index in [1.165, 1.54) is 0 Å². The molecule has 0 amide bonds. The Labute approximate surface area is 144 Å². The third-order valence-corrected chi connectivity index (χ3v) is 4.85. The summed E-state index contributed by atoms with van der Waals surface area (Å²) in [5.41, 5.74) is 2.04. The first-order chi connectivity index (χ1) is 10.9. The molecular weight excluding hydrogens is 314 g/mol. The molecule has 1 aromatic rings. The first-order valence-electron chi connectivity index (χ1n) is 8.34. The fourth-order valence-corrected chi connectivity index (χ4v) is 3.18. The van der Waals surface area contributed by atoms with Crippen molar-refractivity contribution in [2.75, 3.05) is 32.8 Å². The summed E-state index contributed by atoms with van der Waals surface area (Å²) in [6.45, 7) is 9.01. The molecule has 2 unspecified atom stereocenters. The minimum atomic E-state index is -0.538. The van der Waals surface area contributed by atoms with Gasteiger partial charge in [-0.2, -0.15) is 0 Å². The molecule has 0 radical (unpaired) electrons. The maximum Gasteiger partial charge on any atom is 0.123 e. The van der Waals surface area contributed by atoms with Gasteiger partial charge in [-0.25, -0.2) is 0 Å². The highest BCUT2D eigenvalue weighted by atomic mass is 35.5. The van der Waals surface area contributed by atoms with E-state index in [2.05, 4.69) is 18.7 Å². The lowest BCUT2D eigenvalue weighted by molar-refractivity contribution is 0.0730. The Balaban J connectivity index is 1.91. The molecule has 0 aromatic heterocycles. The van der Waals surface area contributed by atoms with Gasteiger partial charge in [-0.1, -0.05) is 25.4 Å². The van der Waals surface area contributed by atoms with Crippen molar-refractivity contribution < 1.29 is 14.9 Å². The SMILES string of the molecule is Cc1cc(OCC(O)CN2CCC(CO)C2)c(C(C)C)cc1Cl. The highest BCUT2D eigenvalue weighted by molar-refractivity contribution is 6.31. The summed E-state index contributed by atoms with van der Waals surface area (Å²) in [5, 5.41) is 20.1. The fraction of sp³-hybridized carbons (Fsp3) is 0.667. The number of hydrogen-bond donors (Lipinski definition) is 2. The first kappa shape index (κ1) is 18.5. The summed E-state index contributed by atoms with van der Waals surface area (Å²) in [4.78, 5) is 2.19. The molecule has 1 aliphatic heterocycles. The normalized spacial score (nSPS) is 20.2. The topological polar surface area (TPSA) is 52.9 Å². The number of aliphatic hydroxyl groups excluding tert-OH is 2. The second kappa shape index (κ2) is 8.34. The molecule has 0 aliphatic carbocycles. The molecule has 1 aliphatic rings. The summed E-state index contributed by atoms with van der Waals surface area (Å²) in [6.07, 6.45) is 0.459. The smallest absolute Gasteiger partial charge is 0.123 e. The van der Waals surface area contributed by atoms with Gasteiger partial charge in [0.25, 0.3) is 0 Å². The summed E-state index contributed by atoms with van der Waals surface area (Å²) in [6, 6.07) is 3.90. The number of halogens is 1. The predicted octanol–water partition coefficient (Wildman–Crippen LogP) is 2.83. The minimum Gasteiger partial charge on any atom is -0.491 e. The number of nitrogens with zero attached hydrogens (tertiary/aromatic N) is 1. The van der Waals surface area contributed by atoms with Crippen molar-refractivity contribution in [3.63, 3.8) is 0 Å². The number of ether oxygens (including phenoxy) is 1. The standard InChI is InChI=1S/C18H28ClNO3/c1-12(2)16-7-17(19)13(3)6-18(16)23-11-15(22)9-20-5-4-14(8-20)10-21/h6-7,12,14-15,21-22H,4-5,8-11H2,1-3H3. The zero-order chi connectivity index (χ0) is 17.0. The van der Waals surface area contributed by atoms with Gasteiger partial charge in [0.15, 0.2) is 0 Å². The van der Waals surface area contributed by atoms with Crippen LogP contribution in [0.4, 0.5) is 0 Å². The lowest BCUT2D eigenvalue weighted by Gasteiger charge is -2.22. The van der Waals surface area contributed by atoms with E-state index in [0.29, 0.717) is 18.4 Å². The molecule has 1 heterocycles. The number of benzene rings is 1.